The first kappa shape index (κ1) is 25.7. The van der Waals surface area contributed by atoms with E-state index in [1.165, 1.54) is 24.3 Å². The van der Waals surface area contributed by atoms with E-state index in [9.17, 15) is 32.9 Å². The highest BCUT2D eigenvalue weighted by atomic mass is 35.5. The third-order valence-electron chi connectivity index (χ3n) is 5.24. The molecule has 8 nitrogen and oxygen atoms in total. The number of nitro benzene ring substituents is 1. The summed E-state index contributed by atoms with van der Waals surface area (Å²) in [4.78, 5) is 35.9. The molecule has 0 saturated heterocycles. The SMILES string of the molecule is Cc1cc(Oc2c(C(F)(F)F)oc3cc(OC(=O)c4ccccc4[N+](=O)[O-])ccc3c2=O)cc(C)c1Cl. The molecule has 0 spiro atoms. The van der Waals surface area contributed by atoms with Crippen LogP contribution in [0.15, 0.2) is 63.8 Å². The van der Waals surface area contributed by atoms with Crippen LogP contribution in [-0.4, -0.2) is 10.9 Å². The van der Waals surface area contributed by atoms with Gasteiger partial charge >= 0.3 is 12.1 Å². The normalized spacial score (nSPS) is 11.4. The number of aryl methyl sites for hydroxylation is 2. The Morgan fingerprint density at radius 3 is 2.30 bits per heavy atom. The van der Waals surface area contributed by atoms with Crippen molar-refractivity contribution in [1.29, 1.82) is 0 Å². The highest BCUT2D eigenvalue weighted by molar-refractivity contribution is 6.32. The fourth-order valence-electron chi connectivity index (χ4n) is 3.55. The lowest BCUT2D eigenvalue weighted by molar-refractivity contribution is -0.385. The Hall–Kier alpha value is -4.38. The van der Waals surface area contributed by atoms with Gasteiger partial charge in [-0.2, -0.15) is 13.2 Å². The molecule has 0 radical (unpaired) electrons. The minimum absolute atomic E-state index is 0.0495. The summed E-state index contributed by atoms with van der Waals surface area (Å²) in [5.74, 6) is -4.25. The molecule has 0 bridgehead atoms. The molecule has 4 aromatic rings. The summed E-state index contributed by atoms with van der Waals surface area (Å²) >= 11 is 6.09. The standard InChI is InChI=1S/C25H15ClF3NO7/c1-12-9-15(10-13(2)20(12)26)35-22-21(31)17-8-7-14(11-19(17)37-23(22)25(27,28)29)36-24(32)16-5-3-4-6-18(16)30(33)34/h3-11H,1-2H3. The lowest BCUT2D eigenvalue weighted by atomic mass is 10.1. The van der Waals surface area contributed by atoms with E-state index in [-0.39, 0.29) is 22.4 Å². The molecule has 37 heavy (non-hydrogen) atoms. The van der Waals surface area contributed by atoms with Crippen LogP contribution < -0.4 is 14.9 Å². The Balaban J connectivity index is 1.77. The molecular weight excluding hydrogens is 519 g/mol. The van der Waals surface area contributed by atoms with Crippen molar-refractivity contribution in [2.75, 3.05) is 0 Å². The third kappa shape index (κ3) is 5.12. The predicted octanol–water partition coefficient (Wildman–Crippen LogP) is 7.00. The molecule has 0 aliphatic carbocycles. The van der Waals surface area contributed by atoms with Gasteiger partial charge in [-0.1, -0.05) is 23.7 Å². The Morgan fingerprint density at radius 2 is 1.68 bits per heavy atom. The molecule has 0 saturated carbocycles. The molecule has 0 aliphatic rings. The molecule has 0 unspecified atom stereocenters. The van der Waals surface area contributed by atoms with Gasteiger partial charge in [-0.25, -0.2) is 4.79 Å². The number of alkyl halides is 3. The van der Waals surface area contributed by atoms with Crippen molar-refractivity contribution < 1.29 is 36.8 Å². The van der Waals surface area contributed by atoms with Gasteiger partial charge in [0.1, 0.15) is 22.6 Å². The lowest BCUT2D eigenvalue weighted by Crippen LogP contribution is -2.16. The molecule has 0 N–H and O–H groups in total. The van der Waals surface area contributed by atoms with E-state index in [0.717, 1.165) is 30.3 Å². The zero-order chi connectivity index (χ0) is 27.1. The summed E-state index contributed by atoms with van der Waals surface area (Å²) in [5.41, 5.74) is -1.49. The van der Waals surface area contributed by atoms with E-state index in [0.29, 0.717) is 16.1 Å². The zero-order valence-corrected chi connectivity index (χ0v) is 19.8. The number of carbonyl (C=O) groups is 1. The third-order valence-corrected chi connectivity index (χ3v) is 5.84. The van der Waals surface area contributed by atoms with Crippen LogP contribution in [0.2, 0.25) is 5.02 Å². The number of nitro groups is 1. The molecule has 0 fully saturated rings. The summed E-state index contributed by atoms with van der Waals surface area (Å²) in [6, 6.07) is 10.9. The number of benzene rings is 3. The maximum Gasteiger partial charge on any atom is 0.453 e. The molecule has 0 atom stereocenters. The summed E-state index contributed by atoms with van der Waals surface area (Å²) in [6.07, 6.45) is -5.11. The van der Waals surface area contributed by atoms with Gasteiger partial charge in [-0.15, -0.1) is 0 Å². The van der Waals surface area contributed by atoms with Crippen LogP contribution in [0.4, 0.5) is 18.9 Å². The first-order valence-electron chi connectivity index (χ1n) is 10.4. The number of para-hydroxylation sites is 1. The van der Waals surface area contributed by atoms with Crippen LogP contribution in [0.5, 0.6) is 17.2 Å². The summed E-state index contributed by atoms with van der Waals surface area (Å²) in [5, 5.41) is 11.3. The van der Waals surface area contributed by atoms with Gasteiger partial charge in [0.2, 0.25) is 11.2 Å². The molecule has 0 amide bonds. The molecule has 4 rings (SSSR count). The molecular formula is C25H15ClF3NO7. The number of ether oxygens (including phenoxy) is 2. The fraction of sp³-hybridized carbons (Fsp3) is 0.120. The first-order valence-corrected chi connectivity index (χ1v) is 10.8. The largest absolute Gasteiger partial charge is 0.453 e. The topological polar surface area (TPSA) is 109 Å². The molecule has 1 heterocycles. The maximum absolute atomic E-state index is 13.9. The second kappa shape index (κ2) is 9.58. The first-order chi connectivity index (χ1) is 17.4. The molecule has 190 valence electrons. The van der Waals surface area contributed by atoms with Crippen LogP contribution in [0, 0.1) is 24.0 Å². The second-order valence-electron chi connectivity index (χ2n) is 7.88. The van der Waals surface area contributed by atoms with Gasteiger partial charge in [0.05, 0.1) is 10.3 Å². The summed E-state index contributed by atoms with van der Waals surface area (Å²) in [7, 11) is 0. The van der Waals surface area contributed by atoms with Crippen molar-refractivity contribution in [3.63, 3.8) is 0 Å². The minimum Gasteiger partial charge on any atom is -0.449 e. The zero-order valence-electron chi connectivity index (χ0n) is 19.0. The van der Waals surface area contributed by atoms with E-state index >= 15 is 0 Å². The van der Waals surface area contributed by atoms with Crippen LogP contribution in [0.3, 0.4) is 0 Å². The van der Waals surface area contributed by atoms with Crippen LogP contribution >= 0.6 is 11.6 Å². The molecule has 12 heteroatoms. The van der Waals surface area contributed by atoms with Crippen LogP contribution in [0.1, 0.15) is 27.2 Å². The van der Waals surface area contributed by atoms with Gasteiger partial charge in [0, 0.05) is 17.2 Å². The number of hydrogen-bond donors (Lipinski definition) is 0. The van der Waals surface area contributed by atoms with E-state index in [1.54, 1.807) is 13.8 Å². The van der Waals surface area contributed by atoms with Crippen molar-refractivity contribution in [2.24, 2.45) is 0 Å². The van der Waals surface area contributed by atoms with E-state index in [4.69, 9.17) is 25.5 Å². The number of hydrogen-bond acceptors (Lipinski definition) is 7. The lowest BCUT2D eigenvalue weighted by Gasteiger charge is -2.15. The van der Waals surface area contributed by atoms with E-state index in [1.807, 2.05) is 0 Å². The number of nitrogens with zero attached hydrogens (tertiary/aromatic N) is 1. The number of carbonyl (C=O) groups excluding carboxylic acids is 1. The van der Waals surface area contributed by atoms with Crippen molar-refractivity contribution in [3.8, 4) is 17.2 Å². The van der Waals surface area contributed by atoms with Gasteiger partial charge < -0.3 is 13.9 Å². The van der Waals surface area contributed by atoms with E-state index in [2.05, 4.69) is 0 Å². The highest BCUT2D eigenvalue weighted by Crippen LogP contribution is 2.39. The van der Waals surface area contributed by atoms with Crippen LogP contribution in [0.25, 0.3) is 11.0 Å². The van der Waals surface area contributed by atoms with Crippen LogP contribution in [-0.2, 0) is 6.18 Å². The van der Waals surface area contributed by atoms with Crippen molar-refractivity contribution in [3.05, 3.63) is 102 Å². The highest BCUT2D eigenvalue weighted by Gasteiger charge is 2.40. The Bertz CT molecular complexity index is 1610. The summed E-state index contributed by atoms with van der Waals surface area (Å²) < 4.78 is 57.0. The number of fused-ring (bicyclic) bond motifs is 1. The van der Waals surface area contributed by atoms with Crippen molar-refractivity contribution in [1.82, 2.24) is 0 Å². The van der Waals surface area contributed by atoms with Gasteiger partial charge in [-0.3, -0.25) is 14.9 Å². The monoisotopic (exact) mass is 533 g/mol. The van der Waals surface area contributed by atoms with Gasteiger partial charge in [-0.05, 0) is 55.3 Å². The van der Waals surface area contributed by atoms with Crippen molar-refractivity contribution in [2.45, 2.75) is 20.0 Å². The molecule has 1 aromatic heterocycles. The number of esters is 1. The smallest absolute Gasteiger partial charge is 0.449 e. The summed E-state index contributed by atoms with van der Waals surface area (Å²) in [6.45, 7) is 3.26. The maximum atomic E-state index is 13.9. The Morgan fingerprint density at radius 1 is 1.03 bits per heavy atom. The predicted molar refractivity (Wildman–Crippen MR) is 127 cm³/mol. The average molecular weight is 534 g/mol. The number of halogens is 4. The van der Waals surface area contributed by atoms with E-state index < -0.39 is 45.3 Å². The molecule has 3 aromatic carbocycles. The molecule has 0 aliphatic heterocycles. The second-order valence-corrected chi connectivity index (χ2v) is 8.26. The van der Waals surface area contributed by atoms with Gasteiger partial charge in [0.25, 0.3) is 11.4 Å². The Labute approximate surface area is 210 Å². The fourth-order valence-corrected chi connectivity index (χ4v) is 3.66. The minimum atomic E-state index is -5.11. The Kier molecular flexibility index (Phi) is 6.66. The van der Waals surface area contributed by atoms with Gasteiger partial charge in [0.15, 0.2) is 0 Å². The van der Waals surface area contributed by atoms with Crippen molar-refractivity contribution >= 4 is 34.2 Å². The average Bonchev–Trinajstić information content (AvgIpc) is 2.83. The quantitative estimate of drug-likeness (QED) is 0.117. The number of rotatable bonds is 5.